The van der Waals surface area contributed by atoms with Gasteiger partial charge in [-0.3, -0.25) is 4.90 Å². The monoisotopic (exact) mass is 278 g/mol. The maximum atomic E-state index is 5.52. The minimum atomic E-state index is 0.512. The molecule has 0 amide bonds. The summed E-state index contributed by atoms with van der Waals surface area (Å²) in [6.45, 7) is 8.59. The second kappa shape index (κ2) is 6.37. The molecule has 0 aromatic carbocycles. The Kier molecular flexibility index (Phi) is 4.77. The van der Waals surface area contributed by atoms with E-state index in [1.165, 1.54) is 0 Å². The van der Waals surface area contributed by atoms with Crippen molar-refractivity contribution in [2.75, 3.05) is 30.5 Å². The Bertz CT molecular complexity index is 437. The number of aryl methyl sites for hydroxylation is 1. The van der Waals surface area contributed by atoms with Crippen molar-refractivity contribution in [3.8, 4) is 0 Å². The summed E-state index contributed by atoms with van der Waals surface area (Å²) in [4.78, 5) is 13.8. The normalized spacial score (nSPS) is 23.9. The number of likely N-dealkylation sites (N-methyl/N-ethyl adjacent to an activating group) is 1. The van der Waals surface area contributed by atoms with Gasteiger partial charge in [0.05, 0.1) is 0 Å². The van der Waals surface area contributed by atoms with Crippen molar-refractivity contribution in [1.82, 2.24) is 14.9 Å². The maximum Gasteiger partial charge on any atom is 0.145 e. The molecule has 2 rings (SSSR count). The molecule has 1 fully saturated rings. The molecule has 2 heterocycles. The van der Waals surface area contributed by atoms with E-state index < -0.39 is 0 Å². The molecule has 6 heteroatoms. The molecule has 1 aliphatic rings. The van der Waals surface area contributed by atoms with Crippen LogP contribution in [0.3, 0.4) is 0 Å². The Morgan fingerprint density at radius 3 is 2.50 bits per heavy atom. The molecule has 112 valence electrons. The Hall–Kier alpha value is -1.40. The van der Waals surface area contributed by atoms with E-state index in [0.717, 1.165) is 37.6 Å². The second-order valence-electron chi connectivity index (χ2n) is 5.69. The summed E-state index contributed by atoms with van der Waals surface area (Å²) < 4.78 is 0. The van der Waals surface area contributed by atoms with Gasteiger partial charge in [-0.05, 0) is 27.3 Å². The summed E-state index contributed by atoms with van der Waals surface area (Å²) in [5.41, 5.74) is 2.65. The number of hydrogen-bond donors (Lipinski definition) is 2. The van der Waals surface area contributed by atoms with Gasteiger partial charge in [0.15, 0.2) is 0 Å². The largest absolute Gasteiger partial charge is 0.353 e. The quantitative estimate of drug-likeness (QED) is 0.638. The van der Waals surface area contributed by atoms with Crippen molar-refractivity contribution >= 4 is 11.6 Å². The molecule has 2 atom stereocenters. The lowest BCUT2D eigenvalue weighted by Gasteiger charge is -2.43. The van der Waals surface area contributed by atoms with E-state index in [-0.39, 0.29) is 0 Å². The Balaban J connectivity index is 2.25. The van der Waals surface area contributed by atoms with E-state index in [0.29, 0.717) is 17.9 Å². The third kappa shape index (κ3) is 3.19. The highest BCUT2D eigenvalue weighted by Crippen LogP contribution is 2.22. The highest BCUT2D eigenvalue weighted by atomic mass is 15.3. The van der Waals surface area contributed by atoms with Gasteiger partial charge in [0.1, 0.15) is 17.5 Å². The minimum absolute atomic E-state index is 0.512. The predicted octanol–water partition coefficient (Wildman–Crippen LogP) is 1.24. The molecule has 20 heavy (non-hydrogen) atoms. The summed E-state index contributed by atoms with van der Waals surface area (Å²) in [5, 5.41) is 0. The van der Waals surface area contributed by atoms with Crippen LogP contribution in [0, 0.1) is 0 Å². The molecule has 1 saturated heterocycles. The number of rotatable bonds is 4. The van der Waals surface area contributed by atoms with E-state index in [4.69, 9.17) is 5.84 Å². The molecule has 3 N–H and O–H groups in total. The molecule has 0 bridgehead atoms. The van der Waals surface area contributed by atoms with Crippen molar-refractivity contribution in [2.24, 2.45) is 5.84 Å². The lowest BCUT2D eigenvalue weighted by atomic mass is 10.1. The number of hydrazine groups is 1. The van der Waals surface area contributed by atoms with E-state index in [9.17, 15) is 0 Å². The maximum absolute atomic E-state index is 5.52. The summed E-state index contributed by atoms with van der Waals surface area (Å²) in [5.74, 6) is 8.05. The van der Waals surface area contributed by atoms with Crippen LogP contribution in [0.2, 0.25) is 0 Å². The van der Waals surface area contributed by atoms with Crippen LogP contribution in [0.5, 0.6) is 0 Å². The van der Waals surface area contributed by atoms with Gasteiger partial charge in [0.25, 0.3) is 0 Å². The van der Waals surface area contributed by atoms with Crippen LogP contribution in [0.4, 0.5) is 11.6 Å². The summed E-state index contributed by atoms with van der Waals surface area (Å²) >= 11 is 0. The first-order valence-corrected chi connectivity index (χ1v) is 7.36. The van der Waals surface area contributed by atoms with Crippen LogP contribution in [-0.4, -0.2) is 47.1 Å². The number of nitrogens with one attached hydrogen (secondary N) is 1. The van der Waals surface area contributed by atoms with Crippen LogP contribution in [0.1, 0.15) is 33.0 Å². The van der Waals surface area contributed by atoms with Crippen LogP contribution in [0.15, 0.2) is 6.07 Å². The van der Waals surface area contributed by atoms with Crippen molar-refractivity contribution in [3.05, 3.63) is 11.9 Å². The fourth-order valence-electron chi connectivity index (χ4n) is 2.65. The molecule has 0 aliphatic carbocycles. The van der Waals surface area contributed by atoms with Crippen molar-refractivity contribution < 1.29 is 0 Å². The van der Waals surface area contributed by atoms with Crippen LogP contribution in [0.25, 0.3) is 0 Å². The molecule has 1 aromatic heterocycles. The van der Waals surface area contributed by atoms with Gasteiger partial charge in [-0.15, -0.1) is 0 Å². The van der Waals surface area contributed by atoms with Gasteiger partial charge >= 0.3 is 0 Å². The van der Waals surface area contributed by atoms with E-state index in [2.05, 4.69) is 53.0 Å². The summed E-state index contributed by atoms with van der Waals surface area (Å²) in [6.07, 6.45) is 1.91. The van der Waals surface area contributed by atoms with Gasteiger partial charge in [-0.1, -0.05) is 6.92 Å². The zero-order valence-electron chi connectivity index (χ0n) is 12.9. The number of nitrogen functional groups attached to an aromatic ring is 1. The van der Waals surface area contributed by atoms with E-state index >= 15 is 0 Å². The Morgan fingerprint density at radius 2 is 1.95 bits per heavy atom. The Morgan fingerprint density at radius 1 is 1.30 bits per heavy atom. The third-order valence-electron chi connectivity index (χ3n) is 4.06. The molecule has 2 unspecified atom stereocenters. The molecule has 1 aromatic rings. The van der Waals surface area contributed by atoms with Gasteiger partial charge in [-0.25, -0.2) is 15.8 Å². The molecular formula is C14H26N6. The van der Waals surface area contributed by atoms with E-state index in [1.54, 1.807) is 0 Å². The van der Waals surface area contributed by atoms with Crippen molar-refractivity contribution in [2.45, 2.75) is 45.7 Å². The topological polar surface area (TPSA) is 70.3 Å². The van der Waals surface area contributed by atoms with Gasteiger partial charge < -0.3 is 10.3 Å². The minimum Gasteiger partial charge on any atom is -0.353 e. The average Bonchev–Trinajstić information content (AvgIpc) is 2.44. The number of nitrogens with two attached hydrogens (primary N) is 1. The second-order valence-corrected chi connectivity index (χ2v) is 5.69. The standard InChI is InChI=1S/C14H26N6/c1-5-6-12-16-13(18-15)7-14(17-12)20-8-10(2)19(4)11(3)9-20/h7,10-11H,5-6,8-9,15H2,1-4H3,(H,16,17,18). The molecule has 0 spiro atoms. The molecule has 0 radical (unpaired) electrons. The van der Waals surface area contributed by atoms with E-state index in [1.807, 2.05) is 6.07 Å². The Labute approximate surface area is 121 Å². The van der Waals surface area contributed by atoms with Crippen LogP contribution in [-0.2, 0) is 6.42 Å². The number of anilines is 2. The van der Waals surface area contributed by atoms with Gasteiger partial charge in [0.2, 0.25) is 0 Å². The lowest BCUT2D eigenvalue weighted by Crippen LogP contribution is -2.55. The molecule has 6 nitrogen and oxygen atoms in total. The lowest BCUT2D eigenvalue weighted by molar-refractivity contribution is 0.169. The first-order chi connectivity index (χ1) is 9.55. The summed E-state index contributed by atoms with van der Waals surface area (Å²) in [7, 11) is 2.18. The third-order valence-corrected chi connectivity index (χ3v) is 4.06. The highest BCUT2D eigenvalue weighted by molar-refractivity contribution is 5.49. The average molecular weight is 278 g/mol. The van der Waals surface area contributed by atoms with Crippen molar-refractivity contribution in [3.63, 3.8) is 0 Å². The molecular weight excluding hydrogens is 252 g/mol. The van der Waals surface area contributed by atoms with Gasteiger partial charge in [-0.2, -0.15) is 0 Å². The first kappa shape index (κ1) is 15.0. The zero-order valence-corrected chi connectivity index (χ0v) is 12.9. The number of hydrogen-bond acceptors (Lipinski definition) is 6. The molecule has 0 saturated carbocycles. The number of aromatic nitrogens is 2. The predicted molar refractivity (Wildman–Crippen MR) is 82.7 cm³/mol. The SMILES string of the molecule is CCCc1nc(NN)cc(N2CC(C)N(C)C(C)C2)n1. The van der Waals surface area contributed by atoms with Crippen molar-refractivity contribution in [1.29, 1.82) is 0 Å². The zero-order chi connectivity index (χ0) is 14.7. The fraction of sp³-hybridized carbons (Fsp3) is 0.714. The highest BCUT2D eigenvalue weighted by Gasteiger charge is 2.27. The summed E-state index contributed by atoms with van der Waals surface area (Å²) in [6, 6.07) is 2.96. The number of piperazine rings is 1. The van der Waals surface area contributed by atoms with Crippen LogP contribution >= 0.6 is 0 Å². The van der Waals surface area contributed by atoms with Crippen LogP contribution < -0.4 is 16.2 Å². The smallest absolute Gasteiger partial charge is 0.145 e. The first-order valence-electron chi connectivity index (χ1n) is 7.36. The fourth-order valence-corrected chi connectivity index (χ4v) is 2.65. The molecule has 1 aliphatic heterocycles. The van der Waals surface area contributed by atoms with Gasteiger partial charge in [0, 0.05) is 37.7 Å². The number of nitrogens with zero attached hydrogens (tertiary/aromatic N) is 4.